The molecule has 0 atom stereocenters. The van der Waals surface area contributed by atoms with Gasteiger partial charge in [0, 0.05) is 5.75 Å². The second-order valence-electron chi connectivity index (χ2n) is 5.12. The van der Waals surface area contributed by atoms with Gasteiger partial charge in [-0.05, 0) is 35.8 Å². The fourth-order valence-corrected chi connectivity index (χ4v) is 3.50. The number of thioether (sulfide) groups is 1. The minimum Gasteiger partial charge on any atom is -0.217 e. The predicted molar refractivity (Wildman–Crippen MR) is 76.1 cm³/mol. The van der Waals surface area contributed by atoms with Crippen molar-refractivity contribution in [3.05, 3.63) is 35.4 Å². The van der Waals surface area contributed by atoms with Gasteiger partial charge in [0.05, 0.1) is 6.04 Å². The molecule has 0 amide bonds. The third-order valence-corrected chi connectivity index (χ3v) is 4.59. The molecular weight excluding hydrogens is 256 g/mol. The van der Waals surface area contributed by atoms with Gasteiger partial charge in [-0.3, -0.25) is 0 Å². The molecule has 1 aliphatic rings. The van der Waals surface area contributed by atoms with Crippen molar-refractivity contribution in [2.45, 2.75) is 49.6 Å². The highest BCUT2D eigenvalue weighted by atomic mass is 32.2. The van der Waals surface area contributed by atoms with Gasteiger partial charge >= 0.3 is 0 Å². The molecule has 0 spiro atoms. The first-order valence-corrected chi connectivity index (χ1v) is 7.78. The molecule has 19 heavy (non-hydrogen) atoms. The maximum Gasteiger partial charge on any atom is 0.209 e. The lowest BCUT2D eigenvalue weighted by Gasteiger charge is -2.10. The molecule has 1 aliphatic carbocycles. The van der Waals surface area contributed by atoms with Gasteiger partial charge < -0.3 is 0 Å². The summed E-state index contributed by atoms with van der Waals surface area (Å²) in [5.74, 6) is 0.925. The first kappa shape index (κ1) is 12.7. The van der Waals surface area contributed by atoms with Gasteiger partial charge in [-0.25, -0.2) is 4.68 Å². The molecule has 0 N–H and O–H groups in total. The lowest BCUT2D eigenvalue weighted by atomic mass is 10.2. The van der Waals surface area contributed by atoms with Crippen LogP contribution in [0, 0.1) is 6.92 Å². The fraction of sp³-hybridized carbons (Fsp3) is 0.500. The van der Waals surface area contributed by atoms with Gasteiger partial charge in [-0.15, -0.1) is 5.10 Å². The van der Waals surface area contributed by atoms with Crippen LogP contribution in [0.1, 0.15) is 42.9 Å². The number of benzene rings is 1. The number of nitrogens with zero attached hydrogens (tertiary/aromatic N) is 4. The molecule has 1 fully saturated rings. The maximum absolute atomic E-state index is 4.16. The lowest BCUT2D eigenvalue weighted by Crippen LogP contribution is -2.08. The molecule has 4 nitrogen and oxygen atoms in total. The van der Waals surface area contributed by atoms with Crippen LogP contribution in [-0.4, -0.2) is 20.2 Å². The van der Waals surface area contributed by atoms with Crippen molar-refractivity contribution in [3.8, 4) is 0 Å². The Bertz CT molecular complexity index is 546. The van der Waals surface area contributed by atoms with Crippen molar-refractivity contribution in [3.63, 3.8) is 0 Å². The van der Waals surface area contributed by atoms with Gasteiger partial charge in [0.25, 0.3) is 0 Å². The molecule has 0 saturated heterocycles. The number of hydrogen-bond acceptors (Lipinski definition) is 4. The van der Waals surface area contributed by atoms with Crippen LogP contribution < -0.4 is 0 Å². The molecule has 1 heterocycles. The summed E-state index contributed by atoms with van der Waals surface area (Å²) in [6.07, 6.45) is 5.02. The summed E-state index contributed by atoms with van der Waals surface area (Å²) in [5, 5.41) is 13.1. The molecule has 3 rings (SSSR count). The van der Waals surface area contributed by atoms with E-state index in [1.165, 1.54) is 36.8 Å². The number of aryl methyl sites for hydroxylation is 1. The maximum atomic E-state index is 4.16. The van der Waals surface area contributed by atoms with Crippen LogP contribution >= 0.6 is 11.8 Å². The summed E-state index contributed by atoms with van der Waals surface area (Å²) in [5.41, 5.74) is 2.62. The third-order valence-electron chi connectivity index (χ3n) is 3.58. The molecule has 0 aliphatic heterocycles. The Morgan fingerprint density at radius 1 is 1.32 bits per heavy atom. The smallest absolute Gasteiger partial charge is 0.209 e. The number of tetrazole rings is 1. The summed E-state index contributed by atoms with van der Waals surface area (Å²) in [6.45, 7) is 2.12. The molecule has 100 valence electrons. The van der Waals surface area contributed by atoms with Crippen LogP contribution in [0.3, 0.4) is 0 Å². The fourth-order valence-electron chi connectivity index (χ4n) is 2.61. The molecule has 0 radical (unpaired) electrons. The highest BCUT2D eigenvalue weighted by Crippen LogP contribution is 2.32. The van der Waals surface area contributed by atoms with Crippen LogP contribution in [0.2, 0.25) is 0 Å². The van der Waals surface area contributed by atoms with E-state index in [0.29, 0.717) is 6.04 Å². The van der Waals surface area contributed by atoms with Crippen molar-refractivity contribution in [1.82, 2.24) is 20.2 Å². The third kappa shape index (κ3) is 2.97. The van der Waals surface area contributed by atoms with Crippen molar-refractivity contribution >= 4 is 11.8 Å². The Kier molecular flexibility index (Phi) is 3.82. The standard InChI is InChI=1S/C14H18N4S/c1-11-5-4-6-12(9-11)10-19-14-15-16-17-18(14)13-7-2-3-8-13/h4-6,9,13H,2-3,7-8,10H2,1H3. The van der Waals surface area contributed by atoms with E-state index in [2.05, 4.69) is 46.7 Å². The molecule has 1 saturated carbocycles. The minimum atomic E-state index is 0.509. The normalized spacial score (nSPS) is 16.1. The second kappa shape index (κ2) is 5.74. The zero-order chi connectivity index (χ0) is 13.1. The van der Waals surface area contributed by atoms with Gasteiger partial charge in [0.15, 0.2) is 0 Å². The molecule has 2 aromatic rings. The summed E-state index contributed by atoms with van der Waals surface area (Å²) < 4.78 is 2.02. The summed E-state index contributed by atoms with van der Waals surface area (Å²) in [7, 11) is 0. The largest absolute Gasteiger partial charge is 0.217 e. The lowest BCUT2D eigenvalue weighted by molar-refractivity contribution is 0.423. The molecule has 5 heteroatoms. The van der Waals surface area contributed by atoms with Gasteiger partial charge in [0.1, 0.15) is 0 Å². The van der Waals surface area contributed by atoms with E-state index in [0.717, 1.165) is 10.9 Å². The molecule has 1 aromatic heterocycles. The Hall–Kier alpha value is -1.36. The molecule has 0 unspecified atom stereocenters. The highest BCUT2D eigenvalue weighted by molar-refractivity contribution is 7.98. The number of hydrogen-bond donors (Lipinski definition) is 0. The SMILES string of the molecule is Cc1cccc(CSc2nnnn2C2CCCC2)c1. The van der Waals surface area contributed by atoms with Gasteiger partial charge in [-0.2, -0.15) is 0 Å². The Morgan fingerprint density at radius 3 is 2.95 bits per heavy atom. The van der Waals surface area contributed by atoms with Crippen molar-refractivity contribution in [1.29, 1.82) is 0 Å². The van der Waals surface area contributed by atoms with E-state index in [9.17, 15) is 0 Å². The molecule has 0 bridgehead atoms. The van der Waals surface area contributed by atoms with Gasteiger partial charge in [-0.1, -0.05) is 54.4 Å². The first-order chi connectivity index (χ1) is 9.33. The zero-order valence-corrected chi connectivity index (χ0v) is 11.9. The van der Waals surface area contributed by atoms with Crippen molar-refractivity contribution < 1.29 is 0 Å². The quantitative estimate of drug-likeness (QED) is 0.802. The predicted octanol–water partition coefficient (Wildman–Crippen LogP) is 3.39. The summed E-state index contributed by atoms with van der Waals surface area (Å²) in [6, 6.07) is 9.11. The number of rotatable bonds is 4. The van der Waals surface area contributed by atoms with E-state index in [-0.39, 0.29) is 0 Å². The molecular formula is C14H18N4S. The minimum absolute atomic E-state index is 0.509. The summed E-state index contributed by atoms with van der Waals surface area (Å²) in [4.78, 5) is 0. The number of aromatic nitrogens is 4. The van der Waals surface area contributed by atoms with Crippen LogP contribution in [0.25, 0.3) is 0 Å². The Balaban J connectivity index is 1.68. The van der Waals surface area contributed by atoms with Crippen molar-refractivity contribution in [2.75, 3.05) is 0 Å². The average molecular weight is 274 g/mol. The van der Waals surface area contributed by atoms with Crippen LogP contribution in [-0.2, 0) is 5.75 Å². The summed E-state index contributed by atoms with van der Waals surface area (Å²) >= 11 is 1.73. The van der Waals surface area contributed by atoms with Crippen LogP contribution in [0.4, 0.5) is 0 Å². The van der Waals surface area contributed by atoms with E-state index in [4.69, 9.17) is 0 Å². The van der Waals surface area contributed by atoms with E-state index in [1.807, 2.05) is 4.68 Å². The van der Waals surface area contributed by atoms with Crippen molar-refractivity contribution in [2.24, 2.45) is 0 Å². The van der Waals surface area contributed by atoms with Crippen LogP contribution in [0.5, 0.6) is 0 Å². The Morgan fingerprint density at radius 2 is 2.16 bits per heavy atom. The van der Waals surface area contributed by atoms with E-state index in [1.54, 1.807) is 11.8 Å². The first-order valence-electron chi connectivity index (χ1n) is 6.79. The van der Waals surface area contributed by atoms with E-state index < -0.39 is 0 Å². The topological polar surface area (TPSA) is 43.6 Å². The van der Waals surface area contributed by atoms with Crippen LogP contribution in [0.15, 0.2) is 29.4 Å². The molecule has 1 aromatic carbocycles. The monoisotopic (exact) mass is 274 g/mol. The van der Waals surface area contributed by atoms with E-state index >= 15 is 0 Å². The average Bonchev–Trinajstić information content (AvgIpc) is 3.07. The van der Waals surface area contributed by atoms with Gasteiger partial charge in [0.2, 0.25) is 5.16 Å². The zero-order valence-electron chi connectivity index (χ0n) is 11.1. The second-order valence-corrected chi connectivity index (χ2v) is 6.06. The highest BCUT2D eigenvalue weighted by Gasteiger charge is 2.21. The Labute approximate surface area is 117 Å².